The van der Waals surface area contributed by atoms with Crippen LogP contribution in [-0.4, -0.2) is 23.9 Å². The molecule has 0 aliphatic carbocycles. The van der Waals surface area contributed by atoms with E-state index in [1.165, 1.54) is 0 Å². The second-order valence-electron chi connectivity index (χ2n) is 6.91. The topological polar surface area (TPSA) is 124 Å². The van der Waals surface area contributed by atoms with Crippen LogP contribution in [0.5, 0.6) is 11.5 Å². The molecule has 0 spiro atoms. The number of nitrogens with one attached hydrogen (secondary N) is 2. The van der Waals surface area contributed by atoms with Crippen LogP contribution in [0.15, 0.2) is 28.8 Å². The largest absolute Gasteiger partial charge is 0.454 e. The maximum Gasteiger partial charge on any atom is 0.243 e. The van der Waals surface area contributed by atoms with Crippen molar-refractivity contribution in [3.8, 4) is 23.6 Å². The van der Waals surface area contributed by atoms with Crippen molar-refractivity contribution in [3.05, 3.63) is 28.8 Å². The van der Waals surface area contributed by atoms with Crippen molar-refractivity contribution in [3.63, 3.8) is 0 Å². The van der Waals surface area contributed by atoms with Gasteiger partial charge < -0.3 is 20.1 Å². The number of carbonyl (C=O) groups excluding carboxylic acids is 2. The lowest BCUT2D eigenvalue weighted by molar-refractivity contribution is -0.125. The van der Waals surface area contributed by atoms with Gasteiger partial charge in [-0.25, -0.2) is 0 Å². The summed E-state index contributed by atoms with van der Waals surface area (Å²) in [6.07, 6.45) is 0. The maximum atomic E-state index is 12.6. The Morgan fingerprint density at radius 2 is 2.07 bits per heavy atom. The highest BCUT2D eigenvalue weighted by molar-refractivity contribution is 8.04. The second kappa shape index (κ2) is 7.45. The maximum absolute atomic E-state index is 12.6. The number of benzene rings is 1. The molecule has 2 N–H and O–H groups in total. The molecule has 2 atom stereocenters. The molecule has 0 saturated heterocycles. The van der Waals surface area contributed by atoms with E-state index in [0.29, 0.717) is 22.2 Å². The van der Waals surface area contributed by atoms with Crippen molar-refractivity contribution in [2.24, 2.45) is 11.3 Å². The fraction of sp³-hybridized carbons (Fsp3) is 0.368. The summed E-state index contributed by atoms with van der Waals surface area (Å²) in [6, 6.07) is 9.11. The highest BCUT2D eigenvalue weighted by Gasteiger charge is 2.45. The number of nitriles is 2. The number of nitrogens with zero attached hydrogens (tertiary/aromatic N) is 2. The molecular formula is C19H18N4O4S. The van der Waals surface area contributed by atoms with E-state index in [2.05, 4.69) is 16.7 Å². The number of carbonyl (C=O) groups is 2. The van der Waals surface area contributed by atoms with Crippen LogP contribution in [0.25, 0.3) is 0 Å². The highest BCUT2D eigenvalue weighted by atomic mass is 32.2. The summed E-state index contributed by atoms with van der Waals surface area (Å²) in [6.45, 7) is 5.17. The van der Waals surface area contributed by atoms with E-state index in [9.17, 15) is 20.1 Å². The van der Waals surface area contributed by atoms with Crippen molar-refractivity contribution in [1.82, 2.24) is 5.32 Å². The molecule has 28 heavy (non-hydrogen) atoms. The quantitative estimate of drug-likeness (QED) is 0.798. The number of allylic oxidation sites excluding steroid dienone is 1. The van der Waals surface area contributed by atoms with Gasteiger partial charge in [0.15, 0.2) is 11.5 Å². The van der Waals surface area contributed by atoms with Gasteiger partial charge in [-0.15, -0.1) is 0 Å². The van der Waals surface area contributed by atoms with Crippen LogP contribution < -0.4 is 20.1 Å². The van der Waals surface area contributed by atoms with Gasteiger partial charge in [-0.2, -0.15) is 10.5 Å². The van der Waals surface area contributed by atoms with Gasteiger partial charge in [0.05, 0.1) is 28.0 Å². The number of anilines is 1. The first-order chi connectivity index (χ1) is 13.3. The van der Waals surface area contributed by atoms with Gasteiger partial charge in [0.2, 0.25) is 18.6 Å². The summed E-state index contributed by atoms with van der Waals surface area (Å²) in [4.78, 5) is 24.8. The number of fused-ring (bicyclic) bond motifs is 1. The molecule has 0 radical (unpaired) electrons. The molecule has 9 heteroatoms. The lowest BCUT2D eigenvalue weighted by Gasteiger charge is -2.35. The third-order valence-electron chi connectivity index (χ3n) is 4.64. The van der Waals surface area contributed by atoms with Crippen molar-refractivity contribution in [2.75, 3.05) is 12.1 Å². The van der Waals surface area contributed by atoms with Gasteiger partial charge in [-0.1, -0.05) is 25.6 Å². The van der Waals surface area contributed by atoms with Gasteiger partial charge >= 0.3 is 0 Å². The minimum absolute atomic E-state index is 0.142. The molecular weight excluding hydrogens is 380 g/mol. The summed E-state index contributed by atoms with van der Waals surface area (Å²) in [5.41, 5.74) is -0.109. The predicted octanol–water partition coefficient (Wildman–Crippen LogP) is 2.51. The fourth-order valence-corrected chi connectivity index (χ4v) is 4.07. The third kappa shape index (κ3) is 3.49. The first kappa shape index (κ1) is 19.6. The van der Waals surface area contributed by atoms with Crippen LogP contribution in [0.1, 0.15) is 20.8 Å². The van der Waals surface area contributed by atoms with Crippen molar-refractivity contribution in [1.29, 1.82) is 10.5 Å². The smallest absolute Gasteiger partial charge is 0.243 e. The Hall–Kier alpha value is -3.17. The number of rotatable bonds is 4. The number of hydrogen-bond acceptors (Lipinski definition) is 7. The monoisotopic (exact) mass is 398 g/mol. The van der Waals surface area contributed by atoms with Crippen LogP contribution >= 0.6 is 11.8 Å². The van der Waals surface area contributed by atoms with Crippen molar-refractivity contribution < 1.29 is 19.1 Å². The molecule has 1 aromatic rings. The number of amides is 2. The van der Waals surface area contributed by atoms with E-state index in [1.807, 2.05) is 6.07 Å². The van der Waals surface area contributed by atoms with E-state index in [1.54, 1.807) is 39.0 Å². The molecule has 2 heterocycles. The average Bonchev–Trinajstić information content (AvgIpc) is 3.09. The molecule has 2 aliphatic heterocycles. The zero-order valence-electron chi connectivity index (χ0n) is 15.5. The molecule has 2 aliphatic rings. The van der Waals surface area contributed by atoms with E-state index in [0.717, 1.165) is 11.8 Å². The third-order valence-corrected chi connectivity index (χ3v) is 5.75. The predicted molar refractivity (Wildman–Crippen MR) is 102 cm³/mol. The number of thioether (sulfide) groups is 1. The molecule has 0 unspecified atom stereocenters. The van der Waals surface area contributed by atoms with Crippen LogP contribution in [-0.2, 0) is 9.59 Å². The van der Waals surface area contributed by atoms with Crippen molar-refractivity contribution >= 4 is 29.3 Å². The molecule has 3 rings (SSSR count). The summed E-state index contributed by atoms with van der Waals surface area (Å²) in [7, 11) is 0. The summed E-state index contributed by atoms with van der Waals surface area (Å²) < 4.78 is 10.5. The Kier molecular flexibility index (Phi) is 5.21. The zero-order valence-corrected chi connectivity index (χ0v) is 16.3. The lowest BCUT2D eigenvalue weighted by atomic mass is 9.72. The molecule has 8 nitrogen and oxygen atoms in total. The highest BCUT2D eigenvalue weighted by Crippen LogP contribution is 2.42. The Balaban J connectivity index is 1.76. The second-order valence-corrected chi connectivity index (χ2v) is 8.26. The Labute approximate surface area is 166 Å². The van der Waals surface area contributed by atoms with Crippen molar-refractivity contribution in [2.45, 2.75) is 26.0 Å². The van der Waals surface area contributed by atoms with E-state index in [4.69, 9.17) is 9.47 Å². The molecule has 1 aromatic carbocycles. The van der Waals surface area contributed by atoms with Gasteiger partial charge in [0.1, 0.15) is 5.92 Å². The molecule has 0 fully saturated rings. The molecule has 2 amide bonds. The van der Waals surface area contributed by atoms with E-state index < -0.39 is 22.5 Å². The van der Waals surface area contributed by atoms with Gasteiger partial charge in [-0.05, 0) is 19.1 Å². The number of ether oxygens (including phenoxy) is 2. The Morgan fingerprint density at radius 1 is 1.36 bits per heavy atom. The standard InChI is InChI=1S/C19H18N4O4S/c1-10(16(24)22-11-4-5-14-15(6-11)27-9-26-14)28-18-13(8-21)19(2,3)12(7-20)17(25)23-18/h4-6,10,12H,9H2,1-3H3,(H,22,24)(H,23,25)/t10-,12+/m0/s1. The summed E-state index contributed by atoms with van der Waals surface area (Å²) in [5.74, 6) is -0.579. The van der Waals surface area contributed by atoms with Crippen LogP contribution in [0.3, 0.4) is 0 Å². The van der Waals surface area contributed by atoms with E-state index in [-0.39, 0.29) is 18.3 Å². The van der Waals surface area contributed by atoms with Crippen LogP contribution in [0.4, 0.5) is 5.69 Å². The minimum Gasteiger partial charge on any atom is -0.454 e. The zero-order chi connectivity index (χ0) is 20.5. The SMILES string of the molecule is C[C@H](SC1=C(C#N)C(C)(C)[C@H](C#N)C(=O)N1)C(=O)Nc1ccc2c(c1)OCO2. The van der Waals surface area contributed by atoms with Crippen LogP contribution in [0, 0.1) is 34.0 Å². The molecule has 0 aromatic heterocycles. The fourth-order valence-electron chi connectivity index (χ4n) is 2.96. The van der Waals surface area contributed by atoms with Crippen LogP contribution in [0.2, 0.25) is 0 Å². The molecule has 0 bridgehead atoms. The summed E-state index contributed by atoms with van der Waals surface area (Å²) >= 11 is 1.07. The number of hydrogen-bond donors (Lipinski definition) is 2. The molecule has 0 saturated carbocycles. The average molecular weight is 398 g/mol. The lowest BCUT2D eigenvalue weighted by Crippen LogP contribution is -2.45. The normalized spacial score (nSPS) is 20.6. The minimum atomic E-state index is -0.968. The Morgan fingerprint density at radius 3 is 2.75 bits per heavy atom. The van der Waals surface area contributed by atoms with Gasteiger partial charge in [-0.3, -0.25) is 9.59 Å². The van der Waals surface area contributed by atoms with Gasteiger partial charge in [0, 0.05) is 17.2 Å². The summed E-state index contributed by atoms with van der Waals surface area (Å²) in [5, 5.41) is 23.9. The Bertz CT molecular complexity index is 958. The first-order valence-corrected chi connectivity index (χ1v) is 9.38. The first-order valence-electron chi connectivity index (χ1n) is 8.50. The molecule has 144 valence electrons. The van der Waals surface area contributed by atoms with E-state index >= 15 is 0 Å². The van der Waals surface area contributed by atoms with Gasteiger partial charge in [0.25, 0.3) is 0 Å².